The Morgan fingerprint density at radius 3 is 3.00 bits per heavy atom. The molecule has 1 aromatic carbocycles. The average Bonchev–Trinajstić information content (AvgIpc) is 2.46. The van der Waals surface area contributed by atoms with Crippen LogP contribution in [0.4, 0.5) is 5.69 Å². The Labute approximate surface area is 118 Å². The summed E-state index contributed by atoms with van der Waals surface area (Å²) in [5.74, 6) is -0.462. The fourth-order valence-electron chi connectivity index (χ4n) is 2.41. The number of carbonyl (C=O) groups is 2. The number of methoxy groups -OCH3 is 1. The number of fused-ring (bicyclic) bond motifs is 1. The molecular weight excluding hydrogens is 256 g/mol. The number of carbonyl (C=O) groups excluding carboxylic acids is 2. The molecule has 5 heteroatoms. The lowest BCUT2D eigenvalue weighted by Gasteiger charge is -2.21. The first-order chi connectivity index (χ1) is 9.61. The van der Waals surface area contributed by atoms with Crippen molar-refractivity contribution >= 4 is 17.6 Å². The Balaban J connectivity index is 2.08. The molecule has 1 unspecified atom stereocenters. The van der Waals surface area contributed by atoms with Gasteiger partial charge in [-0.25, -0.2) is 0 Å². The molecule has 0 radical (unpaired) electrons. The van der Waals surface area contributed by atoms with Crippen LogP contribution in [0.1, 0.15) is 35.7 Å². The molecule has 108 valence electrons. The summed E-state index contributed by atoms with van der Waals surface area (Å²) in [6.07, 6.45) is 2.10. The first-order valence-electron chi connectivity index (χ1n) is 6.85. The second-order valence-corrected chi connectivity index (χ2v) is 5.02. The Kier molecular flexibility index (Phi) is 4.61. The van der Waals surface area contributed by atoms with E-state index in [4.69, 9.17) is 0 Å². The van der Waals surface area contributed by atoms with E-state index in [2.05, 4.69) is 15.4 Å². The Morgan fingerprint density at radius 2 is 2.25 bits per heavy atom. The summed E-state index contributed by atoms with van der Waals surface area (Å²) in [6.45, 7) is 2.74. The molecular formula is C15H20N2O3. The highest BCUT2D eigenvalue weighted by atomic mass is 16.5. The molecule has 1 heterocycles. The number of esters is 1. The van der Waals surface area contributed by atoms with Crippen molar-refractivity contribution in [1.82, 2.24) is 5.32 Å². The largest absolute Gasteiger partial charge is 0.469 e. The van der Waals surface area contributed by atoms with Gasteiger partial charge in [-0.3, -0.25) is 9.59 Å². The van der Waals surface area contributed by atoms with Gasteiger partial charge < -0.3 is 15.4 Å². The third kappa shape index (κ3) is 3.29. The number of anilines is 1. The Bertz CT molecular complexity index is 514. The van der Waals surface area contributed by atoms with Crippen LogP contribution < -0.4 is 10.6 Å². The van der Waals surface area contributed by atoms with Gasteiger partial charge in [0.2, 0.25) is 0 Å². The van der Waals surface area contributed by atoms with Crippen molar-refractivity contribution in [1.29, 1.82) is 0 Å². The maximum Gasteiger partial charge on any atom is 0.307 e. The summed E-state index contributed by atoms with van der Waals surface area (Å²) in [5.41, 5.74) is 2.78. The highest BCUT2D eigenvalue weighted by molar-refractivity contribution is 5.97. The first-order valence-corrected chi connectivity index (χ1v) is 6.85. The lowest BCUT2D eigenvalue weighted by Crippen LogP contribution is -2.35. The third-order valence-corrected chi connectivity index (χ3v) is 3.42. The van der Waals surface area contributed by atoms with Crippen LogP contribution in [0.25, 0.3) is 0 Å². The quantitative estimate of drug-likeness (QED) is 0.822. The normalized spacial score (nSPS) is 14.7. The Hall–Kier alpha value is -2.04. The monoisotopic (exact) mass is 276 g/mol. The predicted molar refractivity (Wildman–Crippen MR) is 76.8 cm³/mol. The summed E-state index contributed by atoms with van der Waals surface area (Å²) in [4.78, 5) is 23.5. The van der Waals surface area contributed by atoms with Gasteiger partial charge in [-0.1, -0.05) is 6.07 Å². The van der Waals surface area contributed by atoms with Crippen molar-refractivity contribution in [2.45, 2.75) is 32.2 Å². The van der Waals surface area contributed by atoms with Crippen LogP contribution in [-0.2, 0) is 16.0 Å². The maximum absolute atomic E-state index is 12.3. The highest BCUT2D eigenvalue weighted by Crippen LogP contribution is 2.25. The van der Waals surface area contributed by atoms with E-state index in [1.807, 2.05) is 18.2 Å². The summed E-state index contributed by atoms with van der Waals surface area (Å²) in [6, 6.07) is 5.44. The number of hydrogen-bond donors (Lipinski definition) is 2. The van der Waals surface area contributed by atoms with Crippen LogP contribution >= 0.6 is 0 Å². The minimum Gasteiger partial charge on any atom is -0.469 e. The molecule has 2 N–H and O–H groups in total. The molecule has 1 atom stereocenters. The SMILES string of the molecule is COC(=O)CC(C)NC(=O)c1cccc2c1CCCN2. The van der Waals surface area contributed by atoms with Gasteiger partial charge in [0.25, 0.3) is 5.91 Å². The van der Waals surface area contributed by atoms with E-state index in [1.54, 1.807) is 6.92 Å². The van der Waals surface area contributed by atoms with Crippen molar-refractivity contribution in [2.75, 3.05) is 19.0 Å². The number of amides is 1. The predicted octanol–water partition coefficient (Wildman–Crippen LogP) is 1.73. The summed E-state index contributed by atoms with van der Waals surface area (Å²) >= 11 is 0. The maximum atomic E-state index is 12.3. The number of benzene rings is 1. The number of rotatable bonds is 4. The highest BCUT2D eigenvalue weighted by Gasteiger charge is 2.19. The van der Waals surface area contributed by atoms with Crippen molar-refractivity contribution in [3.63, 3.8) is 0 Å². The molecule has 1 amide bonds. The van der Waals surface area contributed by atoms with Crippen LogP contribution in [0, 0.1) is 0 Å². The minimum atomic E-state index is -0.324. The van der Waals surface area contributed by atoms with E-state index in [1.165, 1.54) is 7.11 Å². The molecule has 0 aromatic heterocycles. The summed E-state index contributed by atoms with van der Waals surface area (Å²) in [7, 11) is 1.34. The molecule has 1 aliphatic rings. The van der Waals surface area contributed by atoms with E-state index >= 15 is 0 Å². The third-order valence-electron chi connectivity index (χ3n) is 3.42. The summed E-state index contributed by atoms with van der Waals surface area (Å²) < 4.78 is 4.60. The molecule has 0 spiro atoms. The number of nitrogens with one attached hydrogen (secondary N) is 2. The van der Waals surface area contributed by atoms with Gasteiger partial charge in [0.05, 0.1) is 13.5 Å². The first kappa shape index (κ1) is 14.4. The summed E-state index contributed by atoms with van der Waals surface area (Å²) in [5, 5.41) is 6.14. The van der Waals surface area contributed by atoms with Crippen LogP contribution in [-0.4, -0.2) is 31.6 Å². The molecule has 1 aliphatic heterocycles. The van der Waals surface area contributed by atoms with Crippen LogP contribution in [0.2, 0.25) is 0 Å². The van der Waals surface area contributed by atoms with Crippen molar-refractivity contribution in [3.8, 4) is 0 Å². The molecule has 0 saturated carbocycles. The average molecular weight is 276 g/mol. The minimum absolute atomic E-state index is 0.137. The van der Waals surface area contributed by atoms with Crippen LogP contribution in [0.5, 0.6) is 0 Å². The van der Waals surface area contributed by atoms with E-state index < -0.39 is 0 Å². The Morgan fingerprint density at radius 1 is 1.45 bits per heavy atom. The zero-order valence-corrected chi connectivity index (χ0v) is 11.9. The topological polar surface area (TPSA) is 67.4 Å². The zero-order valence-electron chi connectivity index (χ0n) is 11.9. The van der Waals surface area contributed by atoms with Gasteiger partial charge in [-0.15, -0.1) is 0 Å². The molecule has 2 rings (SSSR count). The number of ether oxygens (including phenoxy) is 1. The van der Waals surface area contributed by atoms with Crippen molar-refractivity contribution in [3.05, 3.63) is 29.3 Å². The molecule has 20 heavy (non-hydrogen) atoms. The lowest BCUT2D eigenvalue weighted by atomic mass is 9.97. The van der Waals surface area contributed by atoms with E-state index in [-0.39, 0.29) is 24.3 Å². The zero-order chi connectivity index (χ0) is 14.5. The molecule has 5 nitrogen and oxygen atoms in total. The fourth-order valence-corrected chi connectivity index (χ4v) is 2.41. The molecule has 0 bridgehead atoms. The molecule has 1 aromatic rings. The van der Waals surface area contributed by atoms with Gasteiger partial charge >= 0.3 is 5.97 Å². The van der Waals surface area contributed by atoms with Gasteiger partial charge in [-0.2, -0.15) is 0 Å². The molecule has 0 fully saturated rings. The van der Waals surface area contributed by atoms with Crippen molar-refractivity contribution < 1.29 is 14.3 Å². The fraction of sp³-hybridized carbons (Fsp3) is 0.467. The van der Waals surface area contributed by atoms with Gasteiger partial charge in [0.15, 0.2) is 0 Å². The number of hydrogen-bond acceptors (Lipinski definition) is 4. The molecule has 0 aliphatic carbocycles. The van der Waals surface area contributed by atoms with Crippen molar-refractivity contribution in [2.24, 2.45) is 0 Å². The van der Waals surface area contributed by atoms with Gasteiger partial charge in [0, 0.05) is 23.8 Å². The smallest absolute Gasteiger partial charge is 0.307 e. The van der Waals surface area contributed by atoms with Gasteiger partial charge in [-0.05, 0) is 37.5 Å². The molecule has 0 saturated heterocycles. The van der Waals surface area contributed by atoms with E-state index in [9.17, 15) is 9.59 Å². The standard InChI is InChI=1S/C15H20N2O3/c1-10(9-14(18)20-2)17-15(19)12-5-3-7-13-11(12)6-4-8-16-13/h3,5,7,10,16H,4,6,8-9H2,1-2H3,(H,17,19). The van der Waals surface area contributed by atoms with Gasteiger partial charge in [0.1, 0.15) is 0 Å². The van der Waals surface area contributed by atoms with Crippen LogP contribution in [0.3, 0.4) is 0 Å². The van der Waals surface area contributed by atoms with E-state index in [0.29, 0.717) is 5.56 Å². The lowest BCUT2D eigenvalue weighted by molar-refractivity contribution is -0.141. The second kappa shape index (κ2) is 6.41. The van der Waals surface area contributed by atoms with Crippen LogP contribution in [0.15, 0.2) is 18.2 Å². The van der Waals surface area contributed by atoms with E-state index in [0.717, 1.165) is 30.6 Å². The second-order valence-electron chi connectivity index (χ2n) is 5.02.